The number of carbonyl (C=O) groups is 1. The van der Waals surface area contributed by atoms with Crippen LogP contribution in [0.1, 0.15) is 36.1 Å². The highest BCUT2D eigenvalue weighted by atomic mass is 16.1. The van der Waals surface area contributed by atoms with E-state index < -0.39 is 0 Å². The Morgan fingerprint density at radius 3 is 2.52 bits per heavy atom. The molecule has 0 aliphatic rings. The SMILES string of the molecule is Cc1ccccc1C(C)NC(=O)CCc1ccccc1N. The summed E-state index contributed by atoms with van der Waals surface area (Å²) in [6, 6.07) is 15.8. The van der Waals surface area contributed by atoms with Crippen molar-refractivity contribution in [3.8, 4) is 0 Å². The number of nitrogens with two attached hydrogens (primary N) is 1. The Labute approximate surface area is 126 Å². The van der Waals surface area contributed by atoms with E-state index in [2.05, 4.69) is 24.4 Å². The molecule has 0 saturated carbocycles. The fourth-order valence-corrected chi connectivity index (χ4v) is 2.47. The van der Waals surface area contributed by atoms with E-state index >= 15 is 0 Å². The third-order valence-electron chi connectivity index (χ3n) is 3.71. The second kappa shape index (κ2) is 6.93. The van der Waals surface area contributed by atoms with Crippen molar-refractivity contribution in [2.24, 2.45) is 0 Å². The molecule has 110 valence electrons. The minimum absolute atomic E-state index is 0.0202. The molecule has 0 aliphatic heterocycles. The molecule has 2 rings (SSSR count). The number of aryl methyl sites for hydroxylation is 2. The van der Waals surface area contributed by atoms with Crippen LogP contribution in [0.15, 0.2) is 48.5 Å². The number of carbonyl (C=O) groups excluding carboxylic acids is 1. The van der Waals surface area contributed by atoms with Gasteiger partial charge in [-0.25, -0.2) is 0 Å². The minimum atomic E-state index is 0.0202. The van der Waals surface area contributed by atoms with Crippen molar-refractivity contribution in [1.29, 1.82) is 0 Å². The molecule has 3 heteroatoms. The number of para-hydroxylation sites is 1. The molecule has 0 aliphatic carbocycles. The van der Waals surface area contributed by atoms with Crippen LogP contribution in [0.3, 0.4) is 0 Å². The van der Waals surface area contributed by atoms with Gasteiger partial charge in [0.05, 0.1) is 6.04 Å². The van der Waals surface area contributed by atoms with Gasteiger partial charge in [0.15, 0.2) is 0 Å². The Morgan fingerprint density at radius 1 is 1.14 bits per heavy atom. The smallest absolute Gasteiger partial charge is 0.220 e. The van der Waals surface area contributed by atoms with Gasteiger partial charge in [-0.3, -0.25) is 4.79 Å². The Balaban J connectivity index is 1.90. The number of benzene rings is 2. The highest BCUT2D eigenvalue weighted by Crippen LogP contribution is 2.17. The third kappa shape index (κ3) is 4.09. The topological polar surface area (TPSA) is 55.1 Å². The Bertz CT molecular complexity index is 622. The van der Waals surface area contributed by atoms with Crippen LogP contribution in [0.25, 0.3) is 0 Å². The molecule has 3 N–H and O–H groups in total. The fourth-order valence-electron chi connectivity index (χ4n) is 2.47. The minimum Gasteiger partial charge on any atom is -0.399 e. The molecule has 0 fully saturated rings. The van der Waals surface area contributed by atoms with Gasteiger partial charge in [0, 0.05) is 12.1 Å². The average Bonchev–Trinajstić information content (AvgIpc) is 2.46. The van der Waals surface area contributed by atoms with Gasteiger partial charge in [0.2, 0.25) is 5.91 Å². The summed E-state index contributed by atoms with van der Waals surface area (Å²) >= 11 is 0. The van der Waals surface area contributed by atoms with Crippen LogP contribution in [-0.4, -0.2) is 5.91 Å². The van der Waals surface area contributed by atoms with Crippen molar-refractivity contribution < 1.29 is 4.79 Å². The molecule has 0 saturated heterocycles. The summed E-state index contributed by atoms with van der Waals surface area (Å²) in [5, 5.41) is 3.05. The van der Waals surface area contributed by atoms with Gasteiger partial charge in [-0.05, 0) is 43.0 Å². The summed E-state index contributed by atoms with van der Waals surface area (Å²) < 4.78 is 0. The largest absolute Gasteiger partial charge is 0.399 e. The van der Waals surface area contributed by atoms with E-state index in [9.17, 15) is 4.79 Å². The summed E-state index contributed by atoms with van der Waals surface area (Å²) in [5.74, 6) is 0.0500. The van der Waals surface area contributed by atoms with Crippen molar-refractivity contribution in [3.63, 3.8) is 0 Å². The predicted molar refractivity (Wildman–Crippen MR) is 86.9 cm³/mol. The molecule has 0 bridgehead atoms. The molecular formula is C18H22N2O. The summed E-state index contributed by atoms with van der Waals surface area (Å²) in [5.41, 5.74) is 10.0. The first-order chi connectivity index (χ1) is 10.1. The van der Waals surface area contributed by atoms with E-state index in [-0.39, 0.29) is 11.9 Å². The van der Waals surface area contributed by atoms with Crippen molar-refractivity contribution >= 4 is 11.6 Å². The number of anilines is 1. The standard InChI is InChI=1S/C18H22N2O/c1-13-7-3-5-9-16(13)14(2)20-18(21)12-11-15-8-4-6-10-17(15)19/h3-10,14H,11-12,19H2,1-2H3,(H,20,21). The maximum atomic E-state index is 12.1. The van der Waals surface area contributed by atoms with Crippen molar-refractivity contribution in [3.05, 3.63) is 65.2 Å². The van der Waals surface area contributed by atoms with Gasteiger partial charge in [0.25, 0.3) is 0 Å². The lowest BCUT2D eigenvalue weighted by Gasteiger charge is -2.16. The highest BCUT2D eigenvalue weighted by molar-refractivity contribution is 5.77. The molecule has 2 aromatic rings. The zero-order chi connectivity index (χ0) is 15.2. The van der Waals surface area contributed by atoms with Gasteiger partial charge in [-0.15, -0.1) is 0 Å². The van der Waals surface area contributed by atoms with Crippen LogP contribution >= 0.6 is 0 Å². The van der Waals surface area contributed by atoms with E-state index in [1.807, 2.05) is 43.3 Å². The molecule has 0 aromatic heterocycles. The van der Waals surface area contributed by atoms with E-state index in [0.29, 0.717) is 12.8 Å². The molecule has 1 unspecified atom stereocenters. The normalized spacial score (nSPS) is 11.9. The Morgan fingerprint density at radius 2 is 1.81 bits per heavy atom. The Hall–Kier alpha value is -2.29. The molecule has 2 aromatic carbocycles. The predicted octanol–water partition coefficient (Wildman–Crippen LogP) is 3.39. The van der Waals surface area contributed by atoms with Crippen LogP contribution < -0.4 is 11.1 Å². The zero-order valence-electron chi connectivity index (χ0n) is 12.6. The lowest BCUT2D eigenvalue weighted by molar-refractivity contribution is -0.121. The molecular weight excluding hydrogens is 260 g/mol. The van der Waals surface area contributed by atoms with E-state index in [1.54, 1.807) is 0 Å². The van der Waals surface area contributed by atoms with E-state index in [1.165, 1.54) is 5.56 Å². The van der Waals surface area contributed by atoms with Gasteiger partial charge < -0.3 is 11.1 Å². The van der Waals surface area contributed by atoms with Crippen LogP contribution in [0.2, 0.25) is 0 Å². The van der Waals surface area contributed by atoms with Crippen LogP contribution in [0.4, 0.5) is 5.69 Å². The van der Waals surface area contributed by atoms with Gasteiger partial charge in [-0.2, -0.15) is 0 Å². The first-order valence-electron chi connectivity index (χ1n) is 7.26. The van der Waals surface area contributed by atoms with Gasteiger partial charge in [-0.1, -0.05) is 42.5 Å². The molecule has 1 amide bonds. The second-order valence-electron chi connectivity index (χ2n) is 5.34. The number of hydrogen-bond acceptors (Lipinski definition) is 2. The average molecular weight is 282 g/mol. The van der Waals surface area contributed by atoms with Crippen LogP contribution in [0, 0.1) is 6.92 Å². The zero-order valence-corrected chi connectivity index (χ0v) is 12.6. The maximum absolute atomic E-state index is 12.1. The second-order valence-corrected chi connectivity index (χ2v) is 5.34. The van der Waals surface area contributed by atoms with E-state index in [4.69, 9.17) is 5.73 Å². The van der Waals surface area contributed by atoms with Crippen molar-refractivity contribution in [2.45, 2.75) is 32.7 Å². The lowest BCUT2D eigenvalue weighted by atomic mass is 10.0. The first-order valence-corrected chi connectivity index (χ1v) is 7.26. The fraction of sp³-hybridized carbons (Fsp3) is 0.278. The molecule has 0 heterocycles. The third-order valence-corrected chi connectivity index (χ3v) is 3.71. The molecule has 0 spiro atoms. The van der Waals surface area contributed by atoms with Crippen LogP contribution in [0.5, 0.6) is 0 Å². The molecule has 1 atom stereocenters. The molecule has 0 radical (unpaired) electrons. The monoisotopic (exact) mass is 282 g/mol. The van der Waals surface area contributed by atoms with Crippen molar-refractivity contribution in [1.82, 2.24) is 5.32 Å². The molecule has 21 heavy (non-hydrogen) atoms. The number of rotatable bonds is 5. The number of nitrogens with one attached hydrogen (secondary N) is 1. The summed E-state index contributed by atoms with van der Waals surface area (Å²) in [6.07, 6.45) is 1.11. The summed E-state index contributed by atoms with van der Waals surface area (Å²) in [4.78, 5) is 12.1. The summed E-state index contributed by atoms with van der Waals surface area (Å²) in [6.45, 7) is 4.07. The first kappa shape index (κ1) is 15.1. The lowest BCUT2D eigenvalue weighted by Crippen LogP contribution is -2.27. The van der Waals surface area contributed by atoms with E-state index in [0.717, 1.165) is 16.8 Å². The van der Waals surface area contributed by atoms with Gasteiger partial charge >= 0.3 is 0 Å². The van der Waals surface area contributed by atoms with Crippen molar-refractivity contribution in [2.75, 3.05) is 5.73 Å². The number of hydrogen-bond donors (Lipinski definition) is 2. The maximum Gasteiger partial charge on any atom is 0.220 e. The van der Waals surface area contributed by atoms with Gasteiger partial charge in [0.1, 0.15) is 0 Å². The Kier molecular flexibility index (Phi) is 4.99. The quantitative estimate of drug-likeness (QED) is 0.826. The summed E-state index contributed by atoms with van der Waals surface area (Å²) in [7, 11) is 0. The number of nitrogen functional groups attached to an aromatic ring is 1. The molecule has 3 nitrogen and oxygen atoms in total. The van der Waals surface area contributed by atoms with Crippen LogP contribution in [-0.2, 0) is 11.2 Å². The highest BCUT2D eigenvalue weighted by Gasteiger charge is 2.11. The number of amides is 1.